The van der Waals surface area contributed by atoms with Crippen molar-refractivity contribution < 1.29 is 9.66 Å². The van der Waals surface area contributed by atoms with Crippen molar-refractivity contribution >= 4 is 11.5 Å². The summed E-state index contributed by atoms with van der Waals surface area (Å²) in [6.07, 6.45) is 2.83. The van der Waals surface area contributed by atoms with Gasteiger partial charge in [0.15, 0.2) is 0 Å². The molecular weight excluding hydrogens is 236 g/mol. The zero-order valence-corrected chi connectivity index (χ0v) is 9.63. The largest absolute Gasteiger partial charge is 0.381 e. The minimum absolute atomic E-state index is 0.177. The molecule has 2 rings (SSSR count). The third-order valence-corrected chi connectivity index (χ3v) is 2.77. The molecule has 1 saturated heterocycles. The third kappa shape index (κ3) is 2.73. The summed E-state index contributed by atoms with van der Waals surface area (Å²) in [4.78, 5) is 14.0. The van der Waals surface area contributed by atoms with Crippen LogP contribution in [-0.2, 0) is 4.74 Å². The monoisotopic (exact) mass is 248 g/mol. The number of hydrogen-bond donors (Lipinski definition) is 1. The second-order valence-electron chi connectivity index (χ2n) is 3.99. The molecule has 0 bridgehead atoms. The van der Waals surface area contributed by atoms with Gasteiger partial charge in [0.25, 0.3) is 5.69 Å². The van der Waals surface area contributed by atoms with Gasteiger partial charge in [0.05, 0.1) is 4.92 Å². The summed E-state index contributed by atoms with van der Waals surface area (Å²) in [5.74, 6) is 0.398. The Hall–Kier alpha value is -2.20. The molecule has 0 aliphatic carbocycles. The number of nitriles is 1. The Kier molecular flexibility index (Phi) is 3.69. The molecule has 0 radical (unpaired) electrons. The van der Waals surface area contributed by atoms with Crippen molar-refractivity contribution in [3.63, 3.8) is 0 Å². The standard InChI is InChI=1S/C11H12N4O3/c12-6-8-5-10(15(16)17)7-13-11(8)14-9-1-3-18-4-2-9/h5,7,9H,1-4H2,(H,13,14). The van der Waals surface area contributed by atoms with Gasteiger partial charge in [-0.15, -0.1) is 0 Å². The van der Waals surface area contributed by atoms with Gasteiger partial charge in [0, 0.05) is 25.3 Å². The average Bonchev–Trinajstić information content (AvgIpc) is 2.40. The van der Waals surface area contributed by atoms with Crippen LogP contribution in [0.3, 0.4) is 0 Å². The van der Waals surface area contributed by atoms with E-state index in [1.54, 1.807) is 0 Å². The van der Waals surface area contributed by atoms with Crippen molar-refractivity contribution in [2.75, 3.05) is 18.5 Å². The molecule has 1 aliphatic heterocycles. The second kappa shape index (κ2) is 5.42. The lowest BCUT2D eigenvalue weighted by Crippen LogP contribution is -2.28. The van der Waals surface area contributed by atoms with E-state index in [2.05, 4.69) is 10.3 Å². The fraction of sp³-hybridized carbons (Fsp3) is 0.455. The number of pyridine rings is 1. The van der Waals surface area contributed by atoms with Crippen LogP contribution in [0.1, 0.15) is 18.4 Å². The van der Waals surface area contributed by atoms with Gasteiger partial charge >= 0.3 is 0 Å². The highest BCUT2D eigenvalue weighted by Crippen LogP contribution is 2.20. The smallest absolute Gasteiger partial charge is 0.289 e. The molecule has 1 fully saturated rings. The van der Waals surface area contributed by atoms with Gasteiger partial charge in [-0.2, -0.15) is 5.26 Å². The van der Waals surface area contributed by atoms with E-state index in [-0.39, 0.29) is 17.3 Å². The molecule has 0 saturated carbocycles. The van der Waals surface area contributed by atoms with E-state index >= 15 is 0 Å². The van der Waals surface area contributed by atoms with Gasteiger partial charge in [-0.25, -0.2) is 4.98 Å². The Labute approximate surface area is 104 Å². The summed E-state index contributed by atoms with van der Waals surface area (Å²) in [5, 5.41) is 22.7. The zero-order chi connectivity index (χ0) is 13.0. The molecule has 7 nitrogen and oxygen atoms in total. The first-order valence-corrected chi connectivity index (χ1v) is 5.59. The zero-order valence-electron chi connectivity index (χ0n) is 9.63. The highest BCUT2D eigenvalue weighted by molar-refractivity contribution is 5.55. The van der Waals surface area contributed by atoms with E-state index in [1.807, 2.05) is 6.07 Å². The molecule has 94 valence electrons. The molecule has 1 aliphatic rings. The van der Waals surface area contributed by atoms with Crippen LogP contribution in [0.2, 0.25) is 0 Å². The first-order valence-electron chi connectivity index (χ1n) is 5.59. The number of nitro groups is 1. The Balaban J connectivity index is 2.17. The van der Waals surface area contributed by atoms with Crippen molar-refractivity contribution in [2.45, 2.75) is 18.9 Å². The molecule has 1 aromatic heterocycles. The Morgan fingerprint density at radius 1 is 1.56 bits per heavy atom. The summed E-state index contributed by atoms with van der Waals surface area (Å²) < 4.78 is 5.23. The SMILES string of the molecule is N#Cc1cc([N+](=O)[O-])cnc1NC1CCOCC1. The molecule has 7 heteroatoms. The highest BCUT2D eigenvalue weighted by atomic mass is 16.6. The minimum atomic E-state index is -0.563. The lowest BCUT2D eigenvalue weighted by Gasteiger charge is -2.23. The fourth-order valence-electron chi connectivity index (χ4n) is 1.79. The van der Waals surface area contributed by atoms with Crippen LogP contribution in [0.15, 0.2) is 12.3 Å². The van der Waals surface area contributed by atoms with Gasteiger partial charge in [-0.05, 0) is 12.8 Å². The predicted octanol–water partition coefficient (Wildman–Crippen LogP) is 1.45. The molecule has 0 spiro atoms. The molecular formula is C11H12N4O3. The molecule has 0 aromatic carbocycles. The lowest BCUT2D eigenvalue weighted by atomic mass is 10.1. The van der Waals surface area contributed by atoms with Crippen LogP contribution in [0.25, 0.3) is 0 Å². The number of nitrogens with one attached hydrogen (secondary N) is 1. The number of anilines is 1. The maximum atomic E-state index is 10.6. The Bertz CT molecular complexity index is 492. The molecule has 0 unspecified atom stereocenters. The number of aromatic nitrogens is 1. The summed E-state index contributed by atoms with van der Waals surface area (Å²) in [7, 11) is 0. The van der Waals surface area contributed by atoms with E-state index in [1.165, 1.54) is 6.07 Å². The maximum absolute atomic E-state index is 10.6. The summed E-state index contributed by atoms with van der Waals surface area (Å²) in [6.45, 7) is 1.35. The van der Waals surface area contributed by atoms with Crippen molar-refractivity contribution in [3.8, 4) is 6.07 Å². The van der Waals surface area contributed by atoms with Crippen molar-refractivity contribution in [1.29, 1.82) is 5.26 Å². The maximum Gasteiger partial charge on any atom is 0.289 e. The van der Waals surface area contributed by atoms with Gasteiger partial charge < -0.3 is 10.1 Å². The molecule has 2 heterocycles. The molecule has 0 atom stereocenters. The van der Waals surface area contributed by atoms with Crippen LogP contribution in [0, 0.1) is 21.4 Å². The number of hydrogen-bond acceptors (Lipinski definition) is 6. The quantitative estimate of drug-likeness (QED) is 0.641. The summed E-state index contributed by atoms with van der Waals surface area (Å²) in [6, 6.07) is 3.34. The van der Waals surface area contributed by atoms with Crippen molar-refractivity contribution in [2.24, 2.45) is 0 Å². The number of nitrogens with zero attached hydrogens (tertiary/aromatic N) is 3. The van der Waals surface area contributed by atoms with Gasteiger partial charge in [-0.1, -0.05) is 0 Å². The van der Waals surface area contributed by atoms with Gasteiger partial charge in [-0.3, -0.25) is 10.1 Å². The average molecular weight is 248 g/mol. The predicted molar refractivity (Wildman–Crippen MR) is 63.1 cm³/mol. The number of ether oxygens (including phenoxy) is 1. The van der Waals surface area contributed by atoms with E-state index in [0.29, 0.717) is 19.0 Å². The molecule has 0 amide bonds. The normalized spacial score (nSPS) is 15.9. The van der Waals surface area contributed by atoms with Gasteiger partial charge in [0.1, 0.15) is 23.6 Å². The molecule has 18 heavy (non-hydrogen) atoms. The Morgan fingerprint density at radius 2 is 2.28 bits per heavy atom. The van der Waals surface area contributed by atoms with Crippen LogP contribution < -0.4 is 5.32 Å². The lowest BCUT2D eigenvalue weighted by molar-refractivity contribution is -0.385. The first-order chi connectivity index (χ1) is 8.70. The first kappa shape index (κ1) is 12.3. The van der Waals surface area contributed by atoms with Gasteiger partial charge in [0.2, 0.25) is 0 Å². The van der Waals surface area contributed by atoms with Crippen LogP contribution >= 0.6 is 0 Å². The van der Waals surface area contributed by atoms with Crippen LogP contribution in [0.5, 0.6) is 0 Å². The van der Waals surface area contributed by atoms with Crippen LogP contribution in [-0.4, -0.2) is 29.2 Å². The minimum Gasteiger partial charge on any atom is -0.381 e. The van der Waals surface area contributed by atoms with E-state index in [4.69, 9.17) is 10.00 Å². The topological polar surface area (TPSA) is 101 Å². The van der Waals surface area contributed by atoms with E-state index < -0.39 is 4.92 Å². The van der Waals surface area contributed by atoms with Crippen molar-refractivity contribution in [1.82, 2.24) is 4.98 Å². The molecule has 1 aromatic rings. The highest BCUT2D eigenvalue weighted by Gasteiger charge is 2.17. The Morgan fingerprint density at radius 3 is 2.89 bits per heavy atom. The molecule has 1 N–H and O–H groups in total. The van der Waals surface area contributed by atoms with Crippen LogP contribution in [0.4, 0.5) is 11.5 Å². The summed E-state index contributed by atoms with van der Waals surface area (Å²) >= 11 is 0. The second-order valence-corrected chi connectivity index (χ2v) is 3.99. The fourth-order valence-corrected chi connectivity index (χ4v) is 1.79. The van der Waals surface area contributed by atoms with Crippen molar-refractivity contribution in [3.05, 3.63) is 27.9 Å². The number of rotatable bonds is 3. The van der Waals surface area contributed by atoms with E-state index in [9.17, 15) is 10.1 Å². The summed E-state index contributed by atoms with van der Waals surface area (Å²) in [5.41, 5.74) is 0.0137. The van der Waals surface area contributed by atoms with E-state index in [0.717, 1.165) is 19.0 Å². The third-order valence-electron chi connectivity index (χ3n) is 2.77.